The Balaban J connectivity index is 1.90. The zero-order valence-corrected chi connectivity index (χ0v) is 18.3. The second-order valence-electron chi connectivity index (χ2n) is 6.81. The van der Waals surface area contributed by atoms with E-state index < -0.39 is 21.9 Å². The van der Waals surface area contributed by atoms with Crippen LogP contribution in [0.3, 0.4) is 0 Å². The first kappa shape index (κ1) is 22.3. The molecule has 1 saturated heterocycles. The number of rotatable bonds is 6. The van der Waals surface area contributed by atoms with Crippen LogP contribution in [0.2, 0.25) is 5.02 Å². The van der Waals surface area contributed by atoms with Crippen LogP contribution in [0.25, 0.3) is 0 Å². The predicted molar refractivity (Wildman–Crippen MR) is 111 cm³/mol. The number of aryl methyl sites for hydroxylation is 1. The molecule has 1 amide bonds. The Bertz CT molecular complexity index is 1060. The number of esters is 1. The van der Waals surface area contributed by atoms with Crippen LogP contribution >= 0.6 is 11.6 Å². The van der Waals surface area contributed by atoms with Crippen LogP contribution < -0.4 is 5.32 Å². The van der Waals surface area contributed by atoms with Gasteiger partial charge in [-0.15, -0.1) is 0 Å². The van der Waals surface area contributed by atoms with Crippen LogP contribution in [0.1, 0.15) is 46.9 Å². The van der Waals surface area contributed by atoms with Crippen LogP contribution in [0.4, 0.5) is 5.82 Å². The second kappa shape index (κ2) is 9.15. The van der Waals surface area contributed by atoms with E-state index in [1.807, 2.05) is 0 Å². The lowest BCUT2D eigenvalue weighted by Gasteiger charge is -2.26. The van der Waals surface area contributed by atoms with Crippen molar-refractivity contribution in [3.05, 3.63) is 40.5 Å². The maximum atomic E-state index is 12.9. The molecule has 1 N–H and O–H groups in total. The fourth-order valence-electron chi connectivity index (χ4n) is 3.21. The smallest absolute Gasteiger partial charge is 0.343 e. The van der Waals surface area contributed by atoms with Crippen molar-refractivity contribution in [3.63, 3.8) is 0 Å². The van der Waals surface area contributed by atoms with E-state index in [0.29, 0.717) is 13.1 Å². The summed E-state index contributed by atoms with van der Waals surface area (Å²) in [5.41, 5.74) is 0.0617. The van der Waals surface area contributed by atoms with Gasteiger partial charge in [-0.3, -0.25) is 9.48 Å². The Hall–Kier alpha value is -2.43. The van der Waals surface area contributed by atoms with Crippen molar-refractivity contribution in [1.82, 2.24) is 14.1 Å². The monoisotopic (exact) mass is 454 g/mol. The van der Waals surface area contributed by atoms with Crippen molar-refractivity contribution in [2.24, 2.45) is 7.05 Å². The first-order chi connectivity index (χ1) is 14.3. The first-order valence-corrected chi connectivity index (χ1v) is 11.4. The van der Waals surface area contributed by atoms with Gasteiger partial charge in [0, 0.05) is 20.1 Å². The van der Waals surface area contributed by atoms with Gasteiger partial charge in [0.1, 0.15) is 11.4 Å². The lowest BCUT2D eigenvalue weighted by molar-refractivity contribution is 0.0527. The summed E-state index contributed by atoms with van der Waals surface area (Å²) in [5.74, 6) is -1.17. The van der Waals surface area contributed by atoms with Gasteiger partial charge in [0.2, 0.25) is 10.0 Å². The summed E-state index contributed by atoms with van der Waals surface area (Å²) in [5, 5.41) is 6.64. The van der Waals surface area contributed by atoms with Crippen molar-refractivity contribution in [3.8, 4) is 0 Å². The molecule has 0 radical (unpaired) electrons. The van der Waals surface area contributed by atoms with Crippen LogP contribution in [0.15, 0.2) is 29.3 Å². The maximum Gasteiger partial charge on any atom is 0.343 e. The number of anilines is 1. The van der Waals surface area contributed by atoms with E-state index in [4.69, 9.17) is 16.3 Å². The standard InChI is InChI=1S/C19H23ClN4O5S/c1-3-29-19(26)15-12-21-23(2)17(15)22-18(25)14-11-13(7-8-16(14)20)30(27,28)24-9-5-4-6-10-24/h7-8,11-12H,3-6,9-10H2,1-2H3,(H,22,25). The van der Waals surface area contributed by atoms with Crippen molar-refractivity contribution < 1.29 is 22.7 Å². The summed E-state index contributed by atoms with van der Waals surface area (Å²) in [4.78, 5) is 25.0. The summed E-state index contributed by atoms with van der Waals surface area (Å²) in [6, 6.07) is 4.02. The van der Waals surface area contributed by atoms with E-state index in [1.54, 1.807) is 14.0 Å². The largest absolute Gasteiger partial charge is 0.462 e. The number of carbonyl (C=O) groups is 2. The summed E-state index contributed by atoms with van der Waals surface area (Å²) < 4.78 is 33.6. The molecule has 0 aliphatic carbocycles. The van der Waals surface area contributed by atoms with Gasteiger partial charge >= 0.3 is 5.97 Å². The molecule has 1 fully saturated rings. The molecule has 2 aromatic rings. The van der Waals surface area contributed by atoms with Gasteiger partial charge < -0.3 is 10.1 Å². The highest BCUT2D eigenvalue weighted by molar-refractivity contribution is 7.89. The highest BCUT2D eigenvalue weighted by atomic mass is 35.5. The molecule has 0 unspecified atom stereocenters. The molecule has 1 aliphatic rings. The Labute approximate surface area is 180 Å². The molecule has 2 heterocycles. The second-order valence-corrected chi connectivity index (χ2v) is 9.16. The SMILES string of the molecule is CCOC(=O)c1cnn(C)c1NC(=O)c1cc(S(=O)(=O)N2CCCCC2)ccc1Cl. The van der Waals surface area contributed by atoms with Crippen LogP contribution in [-0.4, -0.2) is 54.1 Å². The number of hydrogen-bond donors (Lipinski definition) is 1. The molecule has 30 heavy (non-hydrogen) atoms. The number of benzene rings is 1. The lowest BCUT2D eigenvalue weighted by atomic mass is 10.2. The Morgan fingerprint density at radius 2 is 1.90 bits per heavy atom. The van der Waals surface area contributed by atoms with Gasteiger partial charge in [-0.1, -0.05) is 18.0 Å². The Morgan fingerprint density at radius 1 is 1.20 bits per heavy atom. The number of ether oxygens (including phenoxy) is 1. The summed E-state index contributed by atoms with van der Waals surface area (Å²) >= 11 is 6.18. The molecule has 0 spiro atoms. The van der Waals surface area contributed by atoms with Crippen LogP contribution in [-0.2, 0) is 21.8 Å². The third kappa shape index (κ3) is 4.50. The highest BCUT2D eigenvalue weighted by Gasteiger charge is 2.28. The topological polar surface area (TPSA) is 111 Å². The predicted octanol–water partition coefficient (Wildman–Crippen LogP) is 2.68. The normalized spacial score (nSPS) is 15.0. The number of halogens is 1. The molecule has 9 nitrogen and oxygen atoms in total. The number of piperidine rings is 1. The average molecular weight is 455 g/mol. The maximum absolute atomic E-state index is 12.9. The number of nitrogens with zero attached hydrogens (tertiary/aromatic N) is 3. The Kier molecular flexibility index (Phi) is 6.79. The third-order valence-electron chi connectivity index (χ3n) is 4.80. The quantitative estimate of drug-likeness (QED) is 0.672. The van der Waals surface area contributed by atoms with Crippen molar-refractivity contribution in [2.45, 2.75) is 31.1 Å². The van der Waals surface area contributed by atoms with Gasteiger partial charge in [-0.05, 0) is 38.0 Å². The molecule has 0 saturated carbocycles. The van der Waals surface area contributed by atoms with Gasteiger partial charge in [0.15, 0.2) is 0 Å². The van der Waals surface area contributed by atoms with Gasteiger partial charge in [0.05, 0.1) is 28.3 Å². The summed E-state index contributed by atoms with van der Waals surface area (Å²) in [6.07, 6.45) is 3.88. The zero-order valence-electron chi connectivity index (χ0n) is 16.7. The van der Waals surface area contributed by atoms with E-state index in [1.165, 1.54) is 33.4 Å². The van der Waals surface area contributed by atoms with Gasteiger partial charge in [0.25, 0.3) is 5.91 Å². The molecule has 0 bridgehead atoms. The van der Waals surface area contributed by atoms with Gasteiger partial charge in [-0.2, -0.15) is 9.40 Å². The molecule has 1 aromatic heterocycles. The fraction of sp³-hybridized carbons (Fsp3) is 0.421. The number of nitrogens with one attached hydrogen (secondary N) is 1. The van der Waals surface area contributed by atoms with Gasteiger partial charge in [-0.25, -0.2) is 13.2 Å². The van der Waals surface area contributed by atoms with E-state index >= 15 is 0 Å². The van der Waals surface area contributed by atoms with E-state index in [0.717, 1.165) is 19.3 Å². The number of amides is 1. The number of sulfonamides is 1. The molecule has 1 aliphatic heterocycles. The average Bonchev–Trinajstić information content (AvgIpc) is 3.09. The van der Waals surface area contributed by atoms with Crippen LogP contribution in [0.5, 0.6) is 0 Å². The van der Waals surface area contributed by atoms with Crippen LogP contribution in [0, 0.1) is 0 Å². The minimum absolute atomic E-state index is 0.00503. The molecule has 162 valence electrons. The lowest BCUT2D eigenvalue weighted by Crippen LogP contribution is -2.35. The summed E-state index contributed by atoms with van der Waals surface area (Å²) in [7, 11) is -2.18. The zero-order chi connectivity index (χ0) is 21.9. The Morgan fingerprint density at radius 3 is 2.57 bits per heavy atom. The number of carbonyl (C=O) groups excluding carboxylic acids is 2. The fourth-order valence-corrected chi connectivity index (χ4v) is 4.96. The summed E-state index contributed by atoms with van der Waals surface area (Å²) in [6.45, 7) is 2.73. The minimum Gasteiger partial charge on any atom is -0.462 e. The number of aromatic nitrogens is 2. The van der Waals surface area contributed by atoms with Crippen molar-refractivity contribution in [2.75, 3.05) is 25.0 Å². The molecule has 1 aromatic carbocycles. The molecule has 3 rings (SSSR count). The van der Waals surface area contributed by atoms with Crippen molar-refractivity contribution >= 4 is 39.3 Å². The van der Waals surface area contributed by atoms with Crippen molar-refractivity contribution in [1.29, 1.82) is 0 Å². The van der Waals surface area contributed by atoms with E-state index in [2.05, 4.69) is 10.4 Å². The highest BCUT2D eigenvalue weighted by Crippen LogP contribution is 2.26. The minimum atomic E-state index is -3.73. The van der Waals surface area contributed by atoms with E-state index in [-0.39, 0.29) is 33.5 Å². The first-order valence-electron chi connectivity index (χ1n) is 9.56. The number of hydrogen-bond acceptors (Lipinski definition) is 6. The molecule has 11 heteroatoms. The molecular weight excluding hydrogens is 432 g/mol. The molecular formula is C19H23ClN4O5S. The molecule has 0 atom stereocenters. The third-order valence-corrected chi connectivity index (χ3v) is 7.03. The van der Waals surface area contributed by atoms with E-state index in [9.17, 15) is 18.0 Å².